The van der Waals surface area contributed by atoms with Gasteiger partial charge in [0.25, 0.3) is 0 Å². The first kappa shape index (κ1) is 72.7. The highest BCUT2D eigenvalue weighted by molar-refractivity contribution is 6.15. The van der Waals surface area contributed by atoms with E-state index >= 15 is 0 Å². The number of nitrogens with zero attached hydrogens (tertiary/aromatic N) is 19. The number of hydrogen-bond acceptors (Lipinski definition) is 24. The zero-order chi connectivity index (χ0) is 98.1. The van der Waals surface area contributed by atoms with Crippen molar-refractivity contribution in [2.75, 3.05) is 63.0 Å². The Bertz CT molecular complexity index is 7180. The first-order valence-electron chi connectivity index (χ1n) is 48.5. The molecule has 6 aromatic carbocycles. The summed E-state index contributed by atoms with van der Waals surface area (Å²) in [6, 6.07) is 61.5. The maximum absolute atomic E-state index is 8.71. The molecule has 25 rings (SSSR count). The third kappa shape index (κ3) is 13.2. The van der Waals surface area contributed by atoms with Crippen LogP contribution in [-0.4, -0.2) is 108 Å². The van der Waals surface area contributed by atoms with E-state index in [2.05, 4.69) is 170 Å². The van der Waals surface area contributed by atoms with Gasteiger partial charge in [0, 0.05) is 150 Å². The van der Waals surface area contributed by atoms with Crippen molar-refractivity contribution in [2.24, 2.45) is 0 Å². The Morgan fingerprint density at radius 2 is 0.489 bits per heavy atom. The van der Waals surface area contributed by atoms with Gasteiger partial charge in [-0.2, -0.15) is 0 Å². The van der Waals surface area contributed by atoms with Gasteiger partial charge in [0.1, 0.15) is 30.8 Å². The zero-order valence-electron chi connectivity index (χ0n) is 84.6. The second-order valence-electron chi connectivity index (χ2n) is 34.4. The van der Waals surface area contributed by atoms with Gasteiger partial charge in [0.15, 0.2) is 51.2 Å². The summed E-state index contributed by atoms with van der Waals surface area (Å²) < 4.78 is 105. The number of fused-ring (bicyclic) bond motifs is 20. The minimum absolute atomic E-state index is 0.0182. The fraction of sp³-hybridized carbons (Fsp3) is 0.243. The minimum atomic E-state index is -2.31. The molecule has 0 saturated carbocycles. The highest BCUT2D eigenvalue weighted by Gasteiger charge is 2.44. The second-order valence-corrected chi connectivity index (χ2v) is 34.4. The molecule has 5 aliphatic rings. The molecule has 0 unspecified atom stereocenters. The lowest BCUT2D eigenvalue weighted by molar-refractivity contribution is 0.601. The number of furan rings is 5. The SMILES string of the molecule is [2H]C(C)(C)N1c2ccccc2N(c2c(C)ccc3c2oc2ncccc23)[C@H]1C.[2H]C(C)(C)N1c2cccnc2N(c2c(C)ccc3c2oc2ncccc23)[C@H]1C.[2H]C(C)(C)N1c2cccnc2N(c2c(C)ccc3c2oc2ncccc23)[C@H]1C.[2H]C([2H])([2H])N1c2cccnc2N(c2c(C)ccc3c2oc2ncccc23)[C@H]1C.[2H]C([2H])([2H])N1c2ncccc2N(c2c(C)ccc3c2oc2ncccc23)[C@H]1C. The summed E-state index contributed by atoms with van der Waals surface area (Å²) in [5, 5.41) is 9.94. The Morgan fingerprint density at radius 3 is 0.824 bits per heavy atom. The van der Waals surface area contributed by atoms with Gasteiger partial charge in [-0.25, -0.2) is 44.9 Å². The number of para-hydroxylation sites is 2. The normalized spacial score (nSPS) is 18.2. The van der Waals surface area contributed by atoms with Gasteiger partial charge < -0.3 is 71.1 Å². The van der Waals surface area contributed by atoms with Gasteiger partial charge in [-0.05, 0) is 260 Å². The molecule has 0 aliphatic carbocycles. The molecule has 5 aliphatic heterocycles. The highest BCUT2D eigenvalue weighted by Crippen LogP contribution is 2.55. The van der Waals surface area contributed by atoms with Gasteiger partial charge in [0.2, 0.25) is 28.6 Å². The molecule has 24 nitrogen and oxygen atoms in total. The predicted octanol–water partition coefficient (Wildman–Crippen LogP) is 26.0. The smallest absolute Gasteiger partial charge is 0.227 e. The molecule has 24 heteroatoms. The van der Waals surface area contributed by atoms with Gasteiger partial charge in [0.05, 0.1) is 66.7 Å². The van der Waals surface area contributed by atoms with Gasteiger partial charge in [-0.3, -0.25) is 0 Å². The van der Waals surface area contributed by atoms with Gasteiger partial charge >= 0.3 is 0 Å². The van der Waals surface area contributed by atoms with Crippen LogP contribution in [0.1, 0.15) is 116 Å². The first-order chi connectivity index (χ1) is 66.9. The van der Waals surface area contributed by atoms with E-state index < -0.39 is 44.3 Å². The Kier molecular flexibility index (Phi) is 18.0. The van der Waals surface area contributed by atoms with Crippen LogP contribution in [0.25, 0.3) is 110 Å². The van der Waals surface area contributed by atoms with E-state index in [0.717, 1.165) is 167 Å². The molecule has 20 aromatic rings. The molecule has 0 spiro atoms. The minimum Gasteiger partial charge on any atom is -0.435 e. The lowest BCUT2D eigenvalue weighted by Gasteiger charge is -2.33. The first-order valence-corrected chi connectivity index (χ1v) is 44.0. The summed E-state index contributed by atoms with van der Waals surface area (Å²) in [6.07, 6.45) is 14.5. The lowest BCUT2D eigenvalue weighted by Crippen LogP contribution is -2.42. The van der Waals surface area contributed by atoms with Crippen LogP contribution in [0.2, 0.25) is 0 Å². The summed E-state index contributed by atoms with van der Waals surface area (Å²) in [6.45, 7) is 27.2. The highest BCUT2D eigenvalue weighted by atomic mass is 16.4. The van der Waals surface area contributed by atoms with Crippen molar-refractivity contribution in [3.8, 4) is 0 Å². The molecule has 656 valence electrons. The largest absolute Gasteiger partial charge is 0.435 e. The molecule has 19 heterocycles. The van der Waals surface area contributed by atoms with Crippen LogP contribution in [0.3, 0.4) is 0 Å². The van der Waals surface area contributed by atoms with Crippen LogP contribution in [-0.2, 0) is 0 Å². The fourth-order valence-corrected chi connectivity index (χ4v) is 20.0. The average molecular weight is 1740 g/mol. The van der Waals surface area contributed by atoms with Gasteiger partial charge in [-0.1, -0.05) is 72.8 Å². The van der Waals surface area contributed by atoms with Crippen LogP contribution < -0.4 is 49.0 Å². The van der Waals surface area contributed by atoms with Crippen LogP contribution >= 0.6 is 0 Å². The fourth-order valence-electron chi connectivity index (χ4n) is 20.0. The van der Waals surface area contributed by atoms with E-state index in [-0.39, 0.29) is 18.5 Å². The maximum atomic E-state index is 8.71. The van der Waals surface area contributed by atoms with E-state index in [4.69, 9.17) is 34.4 Å². The Hall–Kier alpha value is -15.3. The number of anilines is 15. The standard InChI is InChI=1S/C23H23N3O.2C22H22N4O.2C20H18N4O/c1-14(2)25-16(4)26(20-10-6-5-9-19(20)25)21-15(3)11-12-17-18-8-7-13-24-23(18)27-22(17)21;2*1-13(2)25-15(4)26(21-18(25)8-6-11-23-21)19-14(3)9-10-16-17-7-5-12-24-22(17)27-20(16)19;1-12-8-9-14-15-6-4-11-22-20(15)25-18(14)17(12)24-13(2)23(3)19-16(24)7-5-10-21-19;1-12-8-9-14-15-6-4-11-22-20(15)25-18(14)17(12)24-13(2)23(3)16-7-5-10-21-19(16)24/h5-14,16H,1-4H3;2*5-13,15H,1-4H3;2*4-11,13H,1-3H3/t16-;2*15-;2*13-/m00000/s1/i14D;2*13D;2*3D3. The van der Waals surface area contributed by atoms with Crippen LogP contribution in [0.5, 0.6) is 0 Å². The van der Waals surface area contributed by atoms with E-state index in [1.807, 2.05) is 206 Å². The third-order valence-electron chi connectivity index (χ3n) is 25.8. The van der Waals surface area contributed by atoms with E-state index in [0.29, 0.717) is 57.1 Å². The molecule has 131 heavy (non-hydrogen) atoms. The van der Waals surface area contributed by atoms with Crippen LogP contribution in [0, 0.1) is 34.6 Å². The molecule has 0 amide bonds. The zero-order valence-corrected chi connectivity index (χ0v) is 75.6. The number of aryl methyl sites for hydroxylation is 5. The molecule has 0 bridgehead atoms. The van der Waals surface area contributed by atoms with E-state index in [1.54, 1.807) is 67.9 Å². The number of rotatable bonds is 8. The van der Waals surface area contributed by atoms with Crippen LogP contribution in [0.4, 0.5) is 85.8 Å². The Morgan fingerprint density at radius 1 is 0.244 bits per heavy atom. The molecule has 5 atom stereocenters. The summed E-state index contributed by atoms with van der Waals surface area (Å²) in [7, 11) is 0. The molecule has 0 fully saturated rings. The predicted molar refractivity (Wildman–Crippen MR) is 532 cm³/mol. The van der Waals surface area contributed by atoms with E-state index in [1.165, 1.54) is 9.80 Å². The molecule has 0 saturated heterocycles. The average Bonchev–Trinajstić information content (AvgIpc) is 1.59. The summed E-state index contributed by atoms with van der Waals surface area (Å²) in [5.74, 6) is 2.74. The maximum Gasteiger partial charge on any atom is 0.227 e. The van der Waals surface area contributed by atoms with Crippen molar-refractivity contribution in [1.82, 2.24) is 44.9 Å². The Balaban J connectivity index is 0.000000104. The lowest BCUT2D eigenvalue weighted by atomic mass is 10.1. The number of pyridine rings is 9. The summed E-state index contributed by atoms with van der Waals surface area (Å²) in [5.41, 5.74) is 22.3. The van der Waals surface area contributed by atoms with Crippen LogP contribution in [0.15, 0.2) is 272 Å². The van der Waals surface area contributed by atoms with Crippen molar-refractivity contribution >= 4 is 196 Å². The quantitative estimate of drug-likeness (QED) is 0.138. The van der Waals surface area contributed by atoms with Crippen molar-refractivity contribution in [3.05, 3.63) is 278 Å². The van der Waals surface area contributed by atoms with Crippen molar-refractivity contribution in [1.29, 1.82) is 0 Å². The molecular weight excluding hydrogens is 1630 g/mol. The second kappa shape index (κ2) is 32.5. The van der Waals surface area contributed by atoms with E-state index in [9.17, 15) is 0 Å². The third-order valence-corrected chi connectivity index (χ3v) is 25.8. The van der Waals surface area contributed by atoms with Gasteiger partial charge in [-0.15, -0.1) is 0 Å². The number of hydrogen-bond donors (Lipinski definition) is 0. The van der Waals surface area contributed by atoms with Crippen molar-refractivity contribution in [2.45, 2.75) is 160 Å². The summed E-state index contributed by atoms with van der Waals surface area (Å²) in [4.78, 5) is 59.8. The number of benzene rings is 6. The molecule has 0 radical (unpaired) electrons. The Labute approximate surface area is 771 Å². The molecular formula is C107H103N19O5. The topological polar surface area (TPSA) is 214 Å². The summed E-state index contributed by atoms with van der Waals surface area (Å²) >= 11 is 0. The van der Waals surface area contributed by atoms with Crippen molar-refractivity contribution in [3.63, 3.8) is 0 Å². The molecule has 0 N–H and O–H groups in total. The monoisotopic (exact) mass is 1740 g/mol. The number of aromatic nitrogens is 9. The molecule has 14 aromatic heterocycles. The van der Waals surface area contributed by atoms with Crippen molar-refractivity contribution < 1.29 is 34.4 Å².